The Bertz CT molecular complexity index is 661. The quantitative estimate of drug-likeness (QED) is 0.460. The number of rotatable bonds is 0. The van der Waals surface area contributed by atoms with Crippen molar-refractivity contribution in [3.05, 3.63) is 22.4 Å². The van der Waals surface area contributed by atoms with Gasteiger partial charge in [0, 0.05) is 0 Å². The Hall–Kier alpha value is -2.76. The van der Waals surface area contributed by atoms with Gasteiger partial charge in [0.2, 0.25) is 0 Å². The lowest BCUT2D eigenvalue weighted by atomic mass is 10.5. The monoisotopic (exact) mass is 182 g/mol. The van der Waals surface area contributed by atoms with Crippen molar-refractivity contribution >= 4 is 11.5 Å². The van der Waals surface area contributed by atoms with Crippen molar-refractivity contribution in [2.45, 2.75) is 0 Å². The molecule has 0 N–H and O–H groups in total. The van der Waals surface area contributed by atoms with Gasteiger partial charge in [-0.3, -0.25) is 0 Å². The molecule has 0 fully saturated rings. The Morgan fingerprint density at radius 2 is 2.00 bits per heavy atom. The first-order valence-electron chi connectivity index (χ1n) is 3.44. The lowest BCUT2D eigenvalue weighted by molar-refractivity contribution is 0.908. The third-order valence-electron chi connectivity index (χ3n) is 1.54. The van der Waals surface area contributed by atoms with Crippen molar-refractivity contribution in [1.82, 2.24) is 19.6 Å². The van der Waals surface area contributed by atoms with E-state index in [0.29, 0.717) is 0 Å². The zero-order chi connectivity index (χ0) is 10.1. The van der Waals surface area contributed by atoms with Gasteiger partial charge in [0.25, 0.3) is 5.82 Å². The molecule has 2 aromatic heterocycles. The fraction of sp³-hybridized carbons (Fsp3) is 0. The minimum atomic E-state index is -0.0876. The largest absolute Gasteiger partial charge is 0.760 e. The van der Waals surface area contributed by atoms with E-state index in [2.05, 4.69) is 15.1 Å². The Labute approximate surface area is 77.0 Å². The normalized spacial score (nSPS) is 9.29. The van der Waals surface area contributed by atoms with Crippen molar-refractivity contribution in [1.29, 1.82) is 10.5 Å². The van der Waals surface area contributed by atoms with Gasteiger partial charge in [0.05, 0.1) is 0 Å². The molecule has 0 saturated heterocycles. The lowest BCUT2D eigenvalue weighted by Crippen LogP contribution is -2.13. The van der Waals surface area contributed by atoms with Gasteiger partial charge in [0.1, 0.15) is 12.1 Å². The van der Waals surface area contributed by atoms with Crippen LogP contribution in [0.25, 0.3) is 11.1 Å². The highest BCUT2D eigenvalue weighted by atomic mass is 15.3. The van der Waals surface area contributed by atoms with Gasteiger partial charge in [-0.15, -0.1) is 5.10 Å². The molecule has 0 aliphatic carbocycles. The van der Waals surface area contributed by atoms with Crippen molar-refractivity contribution in [3.63, 3.8) is 0 Å². The second-order valence-electron chi connectivity index (χ2n) is 2.29. The number of hydrogen-bond acceptors (Lipinski definition) is 5. The van der Waals surface area contributed by atoms with Crippen LogP contribution in [-0.4, -0.2) is 25.5 Å². The Morgan fingerprint density at radius 1 is 1.21 bits per heavy atom. The van der Waals surface area contributed by atoms with Crippen LogP contribution in [0, 0.1) is 22.7 Å². The van der Waals surface area contributed by atoms with Crippen LogP contribution in [0.2, 0.25) is 0 Å². The summed E-state index contributed by atoms with van der Waals surface area (Å²) in [5.41, 5.74) is 0.0849. The van der Waals surface area contributed by atoms with Gasteiger partial charge in [-0.25, -0.2) is 10.9 Å². The average Bonchev–Trinajstić information content (AvgIpc) is 2.74. The number of imidazole rings is 1. The number of aromatic nitrogens is 4. The van der Waals surface area contributed by atoms with Gasteiger partial charge in [-0.1, -0.05) is 0 Å². The molecule has 2 heterocycles. The van der Waals surface area contributed by atoms with E-state index >= 15 is 0 Å². The zero-order valence-corrected chi connectivity index (χ0v) is 6.63. The third-order valence-corrected chi connectivity index (χ3v) is 1.54. The van der Waals surface area contributed by atoms with Crippen LogP contribution in [0.1, 0.15) is 11.5 Å². The topological polar surface area (TPSA) is 113 Å². The Kier molecular flexibility index (Phi) is 1.48. The van der Waals surface area contributed by atoms with Gasteiger partial charge >= 0.3 is 0 Å². The summed E-state index contributed by atoms with van der Waals surface area (Å²) in [4.78, 5) is 7.39. The van der Waals surface area contributed by atoms with Crippen LogP contribution in [0.3, 0.4) is 0 Å². The van der Waals surface area contributed by atoms with Crippen molar-refractivity contribution in [2.24, 2.45) is 0 Å². The number of nitrogens with zero attached hydrogens (tertiary/aromatic N) is 7. The van der Waals surface area contributed by atoms with Crippen LogP contribution in [0.15, 0.2) is 0 Å². The number of nitriles is 2. The van der Waals surface area contributed by atoms with E-state index in [1.54, 1.807) is 18.0 Å². The van der Waals surface area contributed by atoms with E-state index in [1.807, 2.05) is 0 Å². The Balaban J connectivity index is 3.03. The molecule has 7 nitrogen and oxygen atoms in total. The van der Waals surface area contributed by atoms with Crippen molar-refractivity contribution < 1.29 is 0 Å². The van der Waals surface area contributed by atoms with Crippen LogP contribution >= 0.6 is 0 Å². The van der Waals surface area contributed by atoms with E-state index in [0.717, 1.165) is 4.52 Å². The molecule has 0 aliphatic rings. The molecular formula is C7N7-. The van der Waals surface area contributed by atoms with Crippen LogP contribution < -0.4 is 5.48 Å². The average molecular weight is 182 g/mol. The van der Waals surface area contributed by atoms with Gasteiger partial charge in [-0.05, 0) is 0 Å². The smallest absolute Gasteiger partial charge is 0.253 e. The summed E-state index contributed by atoms with van der Waals surface area (Å²) in [6.45, 7) is 0. The van der Waals surface area contributed by atoms with E-state index in [9.17, 15) is 0 Å². The molecule has 0 radical (unpaired) electrons. The predicted octanol–water partition coefficient (Wildman–Crippen LogP) is -1.50. The molecule has 0 unspecified atom stereocenters. The molecule has 0 saturated carbocycles. The molecule has 14 heavy (non-hydrogen) atoms. The summed E-state index contributed by atoms with van der Waals surface area (Å²) in [6.07, 6.45) is 0. The summed E-state index contributed by atoms with van der Waals surface area (Å²) in [5, 5.41) is 29.5. The minimum Gasteiger partial charge on any atom is -0.760 e. The molecule has 0 bridgehead atoms. The summed E-state index contributed by atoms with van der Waals surface area (Å²) in [5.74, 6) is 1.66. The van der Waals surface area contributed by atoms with E-state index in [1.165, 1.54) is 0 Å². The highest BCUT2D eigenvalue weighted by Crippen LogP contribution is 2.00. The predicted molar refractivity (Wildman–Crippen MR) is 42.9 cm³/mol. The van der Waals surface area contributed by atoms with Crippen LogP contribution in [0.5, 0.6) is 0 Å². The summed E-state index contributed by atoms with van der Waals surface area (Å²) in [6, 6.07) is 3.48. The molecule has 0 spiro atoms. The number of fused-ring (bicyclic) bond motifs is 1. The molecule has 0 atom stereocenters. The SMILES string of the molecule is N#Cc1nc2c(C#N)nc(=C=[N-])n2n1. The van der Waals surface area contributed by atoms with Gasteiger partial charge in [-0.2, -0.15) is 20.0 Å². The first kappa shape index (κ1) is 7.87. The molecule has 64 valence electrons. The van der Waals surface area contributed by atoms with Crippen molar-refractivity contribution in [3.8, 4) is 12.1 Å². The first-order valence-corrected chi connectivity index (χ1v) is 3.44. The number of hydrogen-bond donors (Lipinski definition) is 0. The fourth-order valence-corrected chi connectivity index (χ4v) is 1.01. The maximum Gasteiger partial charge on any atom is 0.253 e. The molecular weight excluding hydrogens is 182 g/mol. The van der Waals surface area contributed by atoms with Crippen LogP contribution in [-0.2, 0) is 0 Å². The first-order chi connectivity index (χ1) is 6.80. The third kappa shape index (κ3) is 0.845. The second kappa shape index (κ2) is 2.63. The summed E-state index contributed by atoms with van der Waals surface area (Å²) < 4.78 is 1.08. The molecule has 0 aliphatic heterocycles. The standard InChI is InChI=1S/C7N7/c8-1-4-7-12-5(2-9)13-14(7)6(3-10)11-4/q-1. The fourth-order valence-electron chi connectivity index (χ4n) is 1.01. The van der Waals surface area contributed by atoms with Crippen LogP contribution in [0.4, 0.5) is 0 Å². The highest BCUT2D eigenvalue weighted by Gasteiger charge is 2.11. The minimum absolute atomic E-state index is 0.00412. The van der Waals surface area contributed by atoms with E-state index in [-0.39, 0.29) is 22.6 Å². The molecule has 7 heteroatoms. The molecule has 0 amide bonds. The maximum absolute atomic E-state index is 8.64. The molecule has 2 rings (SSSR count). The lowest BCUT2D eigenvalue weighted by Gasteiger charge is -1.76. The summed E-state index contributed by atoms with van der Waals surface area (Å²) in [7, 11) is 0. The Morgan fingerprint density at radius 3 is 2.57 bits per heavy atom. The maximum atomic E-state index is 8.64. The highest BCUT2D eigenvalue weighted by molar-refractivity contribution is 5.58. The zero-order valence-electron chi connectivity index (χ0n) is 6.63. The van der Waals surface area contributed by atoms with E-state index in [4.69, 9.17) is 15.9 Å². The van der Waals surface area contributed by atoms with Gasteiger partial charge in [0.15, 0.2) is 16.8 Å². The van der Waals surface area contributed by atoms with E-state index < -0.39 is 0 Å². The van der Waals surface area contributed by atoms with Gasteiger partial charge < -0.3 is 5.41 Å². The summed E-state index contributed by atoms with van der Waals surface area (Å²) >= 11 is 0. The second-order valence-corrected chi connectivity index (χ2v) is 2.29. The van der Waals surface area contributed by atoms with Crippen molar-refractivity contribution in [2.75, 3.05) is 0 Å². The molecule has 0 aromatic carbocycles. The molecule has 2 aromatic rings.